The fraction of sp³-hybridized carbons (Fsp3) is 1.00. The summed E-state index contributed by atoms with van der Waals surface area (Å²) in [7, 11) is 1.75. The molecule has 0 spiro atoms. The Morgan fingerprint density at radius 1 is 1.16 bits per heavy atom. The zero-order valence-corrected chi connectivity index (χ0v) is 13.1. The van der Waals surface area contributed by atoms with Gasteiger partial charge in [0.25, 0.3) is 0 Å². The van der Waals surface area contributed by atoms with Gasteiger partial charge in [-0.1, -0.05) is 33.1 Å². The normalized spacial score (nSPS) is 19.3. The molecule has 0 aromatic heterocycles. The van der Waals surface area contributed by atoms with Crippen molar-refractivity contribution in [3.8, 4) is 0 Å². The van der Waals surface area contributed by atoms with E-state index < -0.39 is 0 Å². The van der Waals surface area contributed by atoms with Gasteiger partial charge in [-0.15, -0.1) is 0 Å². The molecule has 3 heteroatoms. The Hall–Kier alpha value is -0.120. The third-order valence-corrected chi connectivity index (χ3v) is 4.66. The minimum Gasteiger partial charge on any atom is -0.392 e. The summed E-state index contributed by atoms with van der Waals surface area (Å²) in [5.74, 6) is 0.521. The summed E-state index contributed by atoms with van der Waals surface area (Å²) in [5.41, 5.74) is 0. The largest absolute Gasteiger partial charge is 0.392 e. The number of hydrogen-bond donors (Lipinski definition) is 1. The molecule has 1 rings (SSSR count). The van der Waals surface area contributed by atoms with Gasteiger partial charge >= 0.3 is 0 Å². The van der Waals surface area contributed by atoms with Gasteiger partial charge in [-0.3, -0.25) is 4.90 Å². The van der Waals surface area contributed by atoms with Crippen molar-refractivity contribution in [3.05, 3.63) is 0 Å². The minimum atomic E-state index is -0.155. The molecule has 1 unspecified atom stereocenters. The third-order valence-electron chi connectivity index (χ3n) is 4.66. The molecule has 0 saturated heterocycles. The monoisotopic (exact) mass is 271 g/mol. The van der Waals surface area contributed by atoms with Crippen LogP contribution in [0.15, 0.2) is 0 Å². The van der Waals surface area contributed by atoms with Crippen molar-refractivity contribution in [2.24, 2.45) is 5.92 Å². The van der Waals surface area contributed by atoms with Gasteiger partial charge in [0.05, 0.1) is 12.7 Å². The van der Waals surface area contributed by atoms with Gasteiger partial charge in [0.2, 0.25) is 0 Å². The molecular weight excluding hydrogens is 238 g/mol. The average Bonchev–Trinajstić information content (AvgIpc) is 2.46. The molecule has 1 aliphatic carbocycles. The van der Waals surface area contributed by atoms with Crippen LogP contribution in [0.25, 0.3) is 0 Å². The molecule has 0 aromatic carbocycles. The van der Waals surface area contributed by atoms with Crippen LogP contribution in [0.2, 0.25) is 0 Å². The van der Waals surface area contributed by atoms with E-state index in [2.05, 4.69) is 18.7 Å². The van der Waals surface area contributed by atoms with Crippen molar-refractivity contribution in [2.75, 3.05) is 26.8 Å². The van der Waals surface area contributed by atoms with Gasteiger partial charge in [-0.2, -0.15) is 0 Å². The molecule has 114 valence electrons. The van der Waals surface area contributed by atoms with Crippen molar-refractivity contribution < 1.29 is 9.84 Å². The second-order valence-corrected chi connectivity index (χ2v) is 5.92. The van der Waals surface area contributed by atoms with Gasteiger partial charge in [0.1, 0.15) is 0 Å². The maximum absolute atomic E-state index is 10.5. The summed E-state index contributed by atoms with van der Waals surface area (Å²) in [6.07, 6.45) is 8.51. The first kappa shape index (κ1) is 16.9. The molecule has 0 radical (unpaired) electrons. The maximum atomic E-state index is 10.5. The van der Waals surface area contributed by atoms with Crippen LogP contribution in [-0.2, 0) is 4.74 Å². The van der Waals surface area contributed by atoms with Crippen molar-refractivity contribution in [2.45, 2.75) is 70.9 Å². The van der Waals surface area contributed by atoms with Crippen LogP contribution in [0.1, 0.15) is 58.8 Å². The number of hydrogen-bond acceptors (Lipinski definition) is 3. The Morgan fingerprint density at radius 2 is 1.79 bits per heavy atom. The molecule has 3 nitrogen and oxygen atoms in total. The average molecular weight is 271 g/mol. The first-order valence-corrected chi connectivity index (χ1v) is 8.13. The number of ether oxygens (including phenoxy) is 1. The molecular formula is C16H33NO2. The van der Waals surface area contributed by atoms with E-state index in [0.29, 0.717) is 12.0 Å². The Balaban J connectivity index is 2.48. The lowest BCUT2D eigenvalue weighted by Crippen LogP contribution is -2.44. The van der Waals surface area contributed by atoms with Gasteiger partial charge in [-0.25, -0.2) is 0 Å². The molecule has 19 heavy (non-hydrogen) atoms. The zero-order chi connectivity index (χ0) is 14.1. The van der Waals surface area contributed by atoms with Crippen molar-refractivity contribution >= 4 is 0 Å². The van der Waals surface area contributed by atoms with E-state index >= 15 is 0 Å². The number of methoxy groups -OCH3 is 1. The van der Waals surface area contributed by atoms with Crippen LogP contribution >= 0.6 is 0 Å². The Kier molecular flexibility index (Phi) is 8.67. The molecule has 0 bridgehead atoms. The summed E-state index contributed by atoms with van der Waals surface area (Å²) in [4.78, 5) is 2.43. The number of nitrogens with zero attached hydrogens (tertiary/aromatic N) is 1. The molecule has 1 atom stereocenters. The van der Waals surface area contributed by atoms with Gasteiger partial charge < -0.3 is 9.84 Å². The highest BCUT2D eigenvalue weighted by Crippen LogP contribution is 2.27. The van der Waals surface area contributed by atoms with Crippen LogP contribution in [0, 0.1) is 5.92 Å². The highest BCUT2D eigenvalue weighted by molar-refractivity contribution is 4.79. The van der Waals surface area contributed by atoms with E-state index in [1.54, 1.807) is 7.11 Å². The molecule has 0 heterocycles. The SMILES string of the molecule is CCC(CC)N(CCOC)CC(O)C1CCCCC1. The zero-order valence-electron chi connectivity index (χ0n) is 13.1. The smallest absolute Gasteiger partial charge is 0.0695 e. The lowest BCUT2D eigenvalue weighted by molar-refractivity contribution is 0.0215. The summed E-state index contributed by atoms with van der Waals surface area (Å²) in [6.45, 7) is 6.99. The minimum absolute atomic E-state index is 0.155. The summed E-state index contributed by atoms with van der Waals surface area (Å²) < 4.78 is 5.22. The van der Waals surface area contributed by atoms with Crippen LogP contribution in [0.5, 0.6) is 0 Å². The van der Waals surface area contributed by atoms with Gasteiger partial charge in [0, 0.05) is 26.2 Å². The Morgan fingerprint density at radius 3 is 2.32 bits per heavy atom. The highest BCUT2D eigenvalue weighted by Gasteiger charge is 2.25. The standard InChI is InChI=1S/C16H33NO2/c1-4-15(5-2)17(11-12-19-3)13-16(18)14-9-7-6-8-10-14/h14-16,18H,4-13H2,1-3H3. The predicted molar refractivity (Wildman–Crippen MR) is 80.4 cm³/mol. The van der Waals surface area contributed by atoms with Crippen LogP contribution in [0.4, 0.5) is 0 Å². The van der Waals surface area contributed by atoms with E-state index in [1.165, 1.54) is 32.1 Å². The molecule has 1 saturated carbocycles. The van der Waals surface area contributed by atoms with Crippen molar-refractivity contribution in [1.29, 1.82) is 0 Å². The molecule has 1 fully saturated rings. The van der Waals surface area contributed by atoms with E-state index in [0.717, 1.165) is 32.5 Å². The fourth-order valence-electron chi connectivity index (χ4n) is 3.34. The number of aliphatic hydroxyl groups excluding tert-OH is 1. The molecule has 1 aliphatic rings. The van der Waals surface area contributed by atoms with Crippen LogP contribution in [-0.4, -0.2) is 49.0 Å². The van der Waals surface area contributed by atoms with E-state index in [9.17, 15) is 5.11 Å². The fourth-order valence-corrected chi connectivity index (χ4v) is 3.34. The van der Waals surface area contributed by atoms with Crippen molar-refractivity contribution in [3.63, 3.8) is 0 Å². The van der Waals surface area contributed by atoms with E-state index in [-0.39, 0.29) is 6.10 Å². The van der Waals surface area contributed by atoms with Crippen LogP contribution in [0.3, 0.4) is 0 Å². The Labute approximate surface area is 119 Å². The quantitative estimate of drug-likeness (QED) is 0.699. The molecule has 0 aliphatic heterocycles. The second kappa shape index (κ2) is 9.73. The first-order valence-electron chi connectivity index (χ1n) is 8.13. The summed E-state index contributed by atoms with van der Waals surface area (Å²) >= 11 is 0. The second-order valence-electron chi connectivity index (χ2n) is 5.92. The van der Waals surface area contributed by atoms with E-state index in [4.69, 9.17) is 4.74 Å². The van der Waals surface area contributed by atoms with Gasteiger partial charge in [-0.05, 0) is 31.6 Å². The van der Waals surface area contributed by atoms with E-state index in [1.807, 2.05) is 0 Å². The first-order chi connectivity index (χ1) is 9.22. The molecule has 0 amide bonds. The third kappa shape index (κ3) is 5.80. The molecule has 1 N–H and O–H groups in total. The maximum Gasteiger partial charge on any atom is 0.0695 e. The number of aliphatic hydroxyl groups is 1. The van der Waals surface area contributed by atoms with Crippen LogP contribution < -0.4 is 0 Å². The highest BCUT2D eigenvalue weighted by atomic mass is 16.5. The lowest BCUT2D eigenvalue weighted by Gasteiger charge is -2.35. The summed E-state index contributed by atoms with van der Waals surface area (Å²) in [6, 6.07) is 0.577. The predicted octanol–water partition coefficient (Wildman–Crippen LogP) is 3.06. The molecule has 0 aromatic rings. The number of rotatable bonds is 9. The Bertz CT molecular complexity index is 213. The van der Waals surface area contributed by atoms with Crippen molar-refractivity contribution in [1.82, 2.24) is 4.90 Å². The summed E-state index contributed by atoms with van der Waals surface area (Å²) in [5, 5.41) is 10.5. The lowest BCUT2D eigenvalue weighted by atomic mass is 9.85. The van der Waals surface area contributed by atoms with Gasteiger partial charge in [0.15, 0.2) is 0 Å². The topological polar surface area (TPSA) is 32.7 Å².